The molecule has 1 unspecified atom stereocenters. The predicted molar refractivity (Wildman–Crippen MR) is 150 cm³/mol. The molecule has 38 heavy (non-hydrogen) atoms. The highest BCUT2D eigenvalue weighted by atomic mass is 32.2. The van der Waals surface area contributed by atoms with Gasteiger partial charge >= 0.3 is 0 Å². The maximum Gasteiger partial charge on any atom is 0.242 e. The average molecular weight is 533 g/mol. The summed E-state index contributed by atoms with van der Waals surface area (Å²) in [6.45, 7) is 6.71. The number of anilines is 2. The normalized spacial score (nSPS) is 14.9. The van der Waals surface area contributed by atoms with Gasteiger partial charge in [-0.1, -0.05) is 24.3 Å². The Hall–Kier alpha value is -3.66. The zero-order valence-corrected chi connectivity index (χ0v) is 22.3. The van der Waals surface area contributed by atoms with E-state index >= 15 is 0 Å². The number of sulfonamides is 1. The summed E-state index contributed by atoms with van der Waals surface area (Å²) in [6, 6.07) is 19.4. The molecule has 1 fully saturated rings. The molecule has 0 spiro atoms. The largest absolute Gasteiger partial charge is 0.378 e. The first kappa shape index (κ1) is 26.0. The molecule has 3 N–H and O–H groups in total. The summed E-state index contributed by atoms with van der Waals surface area (Å²) < 4.78 is 34.9. The molecule has 1 aromatic heterocycles. The second kappa shape index (κ2) is 11.0. The van der Waals surface area contributed by atoms with Gasteiger partial charge in [-0.2, -0.15) is 4.72 Å². The Labute approximate surface area is 223 Å². The Morgan fingerprint density at radius 3 is 2.39 bits per heavy atom. The number of morpholine rings is 1. The summed E-state index contributed by atoms with van der Waals surface area (Å²) in [7, 11) is -3.96. The summed E-state index contributed by atoms with van der Waals surface area (Å²) in [6.07, 6.45) is 2.01. The molecule has 1 aliphatic heterocycles. The number of aromatic amines is 1. The number of fused-ring (bicyclic) bond motifs is 1. The Bertz CT molecular complexity index is 1520. The number of hydrogen-bond donors (Lipinski definition) is 3. The minimum atomic E-state index is -3.96. The summed E-state index contributed by atoms with van der Waals surface area (Å²) >= 11 is 0. The van der Waals surface area contributed by atoms with E-state index in [4.69, 9.17) is 4.74 Å². The molecule has 2 heterocycles. The van der Waals surface area contributed by atoms with Crippen LogP contribution in [0, 0.1) is 13.8 Å². The molecule has 5 rings (SSSR count). The zero-order valence-electron chi connectivity index (χ0n) is 21.5. The number of para-hydroxylation sites is 1. The van der Waals surface area contributed by atoms with Crippen LogP contribution in [0.2, 0.25) is 0 Å². The van der Waals surface area contributed by atoms with E-state index in [1.807, 2.05) is 74.6 Å². The van der Waals surface area contributed by atoms with Gasteiger partial charge in [0.05, 0.1) is 18.1 Å². The van der Waals surface area contributed by atoms with E-state index in [9.17, 15) is 13.2 Å². The van der Waals surface area contributed by atoms with Gasteiger partial charge in [-0.25, -0.2) is 8.42 Å². The van der Waals surface area contributed by atoms with Crippen molar-refractivity contribution in [2.75, 3.05) is 36.5 Å². The van der Waals surface area contributed by atoms with Crippen molar-refractivity contribution < 1.29 is 17.9 Å². The second-order valence-electron chi connectivity index (χ2n) is 9.70. The number of amides is 1. The van der Waals surface area contributed by atoms with Gasteiger partial charge < -0.3 is 19.9 Å². The number of ether oxygens (including phenoxy) is 1. The summed E-state index contributed by atoms with van der Waals surface area (Å²) in [4.78, 5) is 19.1. The van der Waals surface area contributed by atoms with Crippen molar-refractivity contribution in [2.45, 2.75) is 31.2 Å². The molecule has 198 valence electrons. The van der Waals surface area contributed by atoms with Gasteiger partial charge in [-0.05, 0) is 79.4 Å². The molecule has 1 amide bonds. The van der Waals surface area contributed by atoms with E-state index in [1.165, 1.54) is 0 Å². The Morgan fingerprint density at radius 2 is 1.68 bits per heavy atom. The lowest BCUT2D eigenvalue weighted by atomic mass is 10.0. The molecule has 1 atom stereocenters. The SMILES string of the molecule is Cc1cc(C)cc(S(=O)(=O)NC(Cc2c[nH]c3ccccc23)C(=O)Nc2ccc(N3CCOCC3)cc2)c1. The molecule has 0 aliphatic carbocycles. The quantitative estimate of drug-likeness (QED) is 0.316. The lowest BCUT2D eigenvalue weighted by molar-refractivity contribution is -0.117. The van der Waals surface area contributed by atoms with Gasteiger partial charge in [0.2, 0.25) is 15.9 Å². The molecule has 1 saturated heterocycles. The van der Waals surface area contributed by atoms with Crippen molar-refractivity contribution >= 4 is 38.2 Å². The first-order chi connectivity index (χ1) is 18.3. The number of benzene rings is 3. The highest BCUT2D eigenvalue weighted by Crippen LogP contribution is 2.23. The van der Waals surface area contributed by atoms with E-state index < -0.39 is 22.0 Å². The van der Waals surface area contributed by atoms with E-state index in [0.717, 1.165) is 46.4 Å². The number of carbonyl (C=O) groups excluding carboxylic acids is 1. The van der Waals surface area contributed by atoms with Crippen LogP contribution in [-0.4, -0.2) is 51.7 Å². The third kappa shape index (κ3) is 5.91. The van der Waals surface area contributed by atoms with Crippen molar-refractivity contribution in [3.05, 3.63) is 89.6 Å². The second-order valence-corrected chi connectivity index (χ2v) is 11.4. The number of aromatic nitrogens is 1. The van der Waals surface area contributed by atoms with Crippen LogP contribution in [0.25, 0.3) is 10.9 Å². The third-order valence-electron chi connectivity index (χ3n) is 6.73. The van der Waals surface area contributed by atoms with Crippen molar-refractivity contribution in [3.63, 3.8) is 0 Å². The maximum absolute atomic E-state index is 13.5. The summed E-state index contributed by atoms with van der Waals surface area (Å²) in [5.74, 6) is -0.428. The minimum Gasteiger partial charge on any atom is -0.378 e. The Balaban J connectivity index is 1.40. The summed E-state index contributed by atoms with van der Waals surface area (Å²) in [5, 5.41) is 3.86. The number of aryl methyl sites for hydroxylation is 2. The zero-order chi connectivity index (χ0) is 26.7. The molecule has 3 aromatic carbocycles. The van der Waals surface area contributed by atoms with Gasteiger partial charge in [-0.3, -0.25) is 4.79 Å². The standard InChI is InChI=1S/C29H32N4O4S/c1-20-15-21(2)17-25(16-20)38(35,36)32-28(18-22-19-30-27-6-4-3-5-26(22)27)29(34)31-23-7-9-24(10-8-23)33-11-13-37-14-12-33/h3-10,15-17,19,28,30,32H,11-14,18H2,1-2H3,(H,31,34). The average Bonchev–Trinajstić information content (AvgIpc) is 3.31. The third-order valence-corrected chi connectivity index (χ3v) is 8.18. The van der Waals surface area contributed by atoms with Gasteiger partial charge in [-0.15, -0.1) is 0 Å². The molecular weight excluding hydrogens is 500 g/mol. The van der Waals surface area contributed by atoms with Crippen molar-refractivity contribution in [1.82, 2.24) is 9.71 Å². The number of rotatable bonds is 8. The fourth-order valence-electron chi connectivity index (χ4n) is 4.86. The van der Waals surface area contributed by atoms with Crippen molar-refractivity contribution in [1.29, 1.82) is 0 Å². The van der Waals surface area contributed by atoms with Gasteiger partial charge in [0.25, 0.3) is 0 Å². The molecular formula is C29H32N4O4S. The minimum absolute atomic E-state index is 0.140. The lowest BCUT2D eigenvalue weighted by Crippen LogP contribution is -2.45. The van der Waals surface area contributed by atoms with Gasteiger partial charge in [0.1, 0.15) is 6.04 Å². The van der Waals surface area contributed by atoms with Crippen LogP contribution in [0.4, 0.5) is 11.4 Å². The van der Waals surface area contributed by atoms with Crippen LogP contribution in [0.5, 0.6) is 0 Å². The van der Waals surface area contributed by atoms with Gasteiger partial charge in [0, 0.05) is 41.6 Å². The number of H-pyrrole nitrogens is 1. The molecule has 8 nitrogen and oxygen atoms in total. The molecule has 0 radical (unpaired) electrons. The van der Waals surface area contributed by atoms with E-state index in [-0.39, 0.29) is 11.3 Å². The topological polar surface area (TPSA) is 104 Å². The number of nitrogens with one attached hydrogen (secondary N) is 3. The number of carbonyl (C=O) groups is 1. The fourth-order valence-corrected chi connectivity index (χ4v) is 6.24. The van der Waals surface area contributed by atoms with Crippen LogP contribution in [0.3, 0.4) is 0 Å². The van der Waals surface area contributed by atoms with E-state index in [2.05, 4.69) is 19.9 Å². The molecule has 1 aliphatic rings. The molecule has 0 saturated carbocycles. The van der Waals surface area contributed by atoms with Gasteiger partial charge in [0.15, 0.2) is 0 Å². The first-order valence-electron chi connectivity index (χ1n) is 12.7. The van der Waals surface area contributed by atoms with Crippen LogP contribution in [0.1, 0.15) is 16.7 Å². The van der Waals surface area contributed by atoms with Crippen LogP contribution < -0.4 is 14.9 Å². The predicted octanol–water partition coefficient (Wildman–Crippen LogP) is 4.15. The fraction of sp³-hybridized carbons (Fsp3) is 0.276. The van der Waals surface area contributed by atoms with Crippen molar-refractivity contribution in [3.8, 4) is 0 Å². The van der Waals surface area contributed by atoms with Crippen molar-refractivity contribution in [2.24, 2.45) is 0 Å². The Morgan fingerprint density at radius 1 is 1.00 bits per heavy atom. The van der Waals surface area contributed by atoms with E-state index in [0.29, 0.717) is 18.9 Å². The smallest absolute Gasteiger partial charge is 0.242 e. The maximum atomic E-state index is 13.5. The van der Waals surface area contributed by atoms with Crippen LogP contribution in [-0.2, 0) is 26.0 Å². The molecule has 9 heteroatoms. The first-order valence-corrected chi connectivity index (χ1v) is 14.2. The highest BCUT2D eigenvalue weighted by Gasteiger charge is 2.27. The van der Waals surface area contributed by atoms with Crippen LogP contribution >= 0.6 is 0 Å². The monoisotopic (exact) mass is 532 g/mol. The highest BCUT2D eigenvalue weighted by molar-refractivity contribution is 7.89. The number of hydrogen-bond acceptors (Lipinski definition) is 5. The molecule has 4 aromatic rings. The molecule has 0 bridgehead atoms. The van der Waals surface area contributed by atoms with E-state index in [1.54, 1.807) is 12.1 Å². The summed E-state index contributed by atoms with van der Waals surface area (Å²) in [5.41, 5.74) is 5.11. The van der Waals surface area contributed by atoms with Crippen LogP contribution in [0.15, 0.2) is 77.8 Å². The Kier molecular flexibility index (Phi) is 7.51. The lowest BCUT2D eigenvalue weighted by Gasteiger charge is -2.29. The number of nitrogens with zero attached hydrogens (tertiary/aromatic N) is 1.